The van der Waals surface area contributed by atoms with Crippen molar-refractivity contribution in [3.63, 3.8) is 0 Å². The maximum absolute atomic E-state index is 14.8. The molecule has 1 N–H and O–H groups in total. The van der Waals surface area contributed by atoms with Crippen LogP contribution in [0.25, 0.3) is 0 Å². The van der Waals surface area contributed by atoms with Crippen molar-refractivity contribution >= 4 is 39.8 Å². The Hall–Kier alpha value is -3.52. The molecule has 1 aliphatic heterocycles. The van der Waals surface area contributed by atoms with Crippen LogP contribution >= 0.6 is 15.9 Å². The first-order chi connectivity index (χ1) is 19.3. The van der Waals surface area contributed by atoms with Gasteiger partial charge in [-0.15, -0.1) is 5.10 Å². The van der Waals surface area contributed by atoms with Crippen molar-refractivity contribution in [3.8, 4) is 5.88 Å². The smallest absolute Gasteiger partial charge is 0.303 e. The van der Waals surface area contributed by atoms with E-state index in [0.717, 1.165) is 20.8 Å². The van der Waals surface area contributed by atoms with Gasteiger partial charge in [0.05, 0.1) is 0 Å². The molecule has 5 atom stereocenters. The van der Waals surface area contributed by atoms with E-state index in [2.05, 4.69) is 26.1 Å². The summed E-state index contributed by atoms with van der Waals surface area (Å²) in [6.07, 6.45) is -6.76. The Morgan fingerprint density at radius 1 is 0.976 bits per heavy atom. The fraction of sp³-hybridized carbons (Fsp3) is 0.519. The molecule has 1 aromatic heterocycles. The molecular weight excluding hydrogens is 611 g/mol. The molecule has 224 valence electrons. The summed E-state index contributed by atoms with van der Waals surface area (Å²) in [5.74, 6) is -3.45. The SMILES string of the molecule is CC(=O)OC[C@H]1O[C@@H](Oc2n[nH]c(C(C)C)c2Cc2ccc(Br)cc2F)[C@H](OC(C)=O)[C@@H](OC(C)=O)[C@H]1OC(C)=O. The molecule has 0 amide bonds. The Labute approximate surface area is 244 Å². The third-order valence-electron chi connectivity index (χ3n) is 6.00. The lowest BCUT2D eigenvalue weighted by atomic mass is 9.97. The molecule has 1 saturated heterocycles. The number of carbonyl (C=O) groups is 4. The predicted molar refractivity (Wildman–Crippen MR) is 142 cm³/mol. The van der Waals surface area contributed by atoms with Gasteiger partial charge in [0.15, 0.2) is 12.2 Å². The number of hydrogen-bond acceptors (Lipinski definition) is 11. The van der Waals surface area contributed by atoms with Crippen LogP contribution in [0.5, 0.6) is 5.88 Å². The van der Waals surface area contributed by atoms with Crippen LogP contribution in [0.3, 0.4) is 0 Å². The average Bonchev–Trinajstić information content (AvgIpc) is 3.24. The van der Waals surface area contributed by atoms with Crippen molar-refractivity contribution in [2.75, 3.05) is 6.61 Å². The highest BCUT2D eigenvalue weighted by Crippen LogP contribution is 2.34. The highest BCUT2D eigenvalue weighted by molar-refractivity contribution is 9.10. The Balaban J connectivity index is 2.06. The highest BCUT2D eigenvalue weighted by Gasteiger charge is 2.53. The van der Waals surface area contributed by atoms with Crippen molar-refractivity contribution in [2.45, 2.75) is 84.6 Å². The fourth-order valence-electron chi connectivity index (χ4n) is 4.36. The Morgan fingerprint density at radius 3 is 2.15 bits per heavy atom. The number of nitrogens with zero attached hydrogens (tertiary/aromatic N) is 1. The second-order valence-corrected chi connectivity index (χ2v) is 10.6. The van der Waals surface area contributed by atoms with E-state index < -0.39 is 67.0 Å². The van der Waals surface area contributed by atoms with Gasteiger partial charge in [-0.2, -0.15) is 0 Å². The molecule has 0 radical (unpaired) electrons. The first-order valence-electron chi connectivity index (χ1n) is 12.7. The predicted octanol–water partition coefficient (Wildman–Crippen LogP) is 3.49. The lowest BCUT2D eigenvalue weighted by Crippen LogP contribution is -2.63. The molecule has 0 aliphatic carbocycles. The van der Waals surface area contributed by atoms with E-state index >= 15 is 0 Å². The first kappa shape index (κ1) is 32.0. The zero-order chi connectivity index (χ0) is 30.4. The molecule has 2 aromatic rings. The van der Waals surface area contributed by atoms with Gasteiger partial charge in [-0.1, -0.05) is 35.8 Å². The number of esters is 4. The van der Waals surface area contributed by atoms with Crippen LogP contribution in [0, 0.1) is 5.82 Å². The number of benzene rings is 1. The minimum atomic E-state index is -1.48. The summed E-state index contributed by atoms with van der Waals surface area (Å²) in [6, 6.07) is 4.66. The maximum Gasteiger partial charge on any atom is 0.303 e. The molecule has 14 heteroatoms. The van der Waals surface area contributed by atoms with E-state index in [1.807, 2.05) is 13.8 Å². The molecule has 1 aromatic carbocycles. The number of halogens is 2. The number of aromatic nitrogens is 2. The molecular formula is C27H32BrFN2O10. The molecule has 0 unspecified atom stereocenters. The molecule has 3 rings (SSSR count). The number of hydrogen-bond donors (Lipinski definition) is 1. The van der Waals surface area contributed by atoms with E-state index in [1.54, 1.807) is 12.1 Å². The van der Waals surface area contributed by atoms with Gasteiger partial charge < -0.3 is 28.4 Å². The van der Waals surface area contributed by atoms with Crippen molar-refractivity contribution in [3.05, 3.63) is 45.3 Å². The summed E-state index contributed by atoms with van der Waals surface area (Å²) in [7, 11) is 0. The monoisotopic (exact) mass is 642 g/mol. The lowest BCUT2D eigenvalue weighted by Gasteiger charge is -2.43. The van der Waals surface area contributed by atoms with Gasteiger partial charge >= 0.3 is 23.9 Å². The van der Waals surface area contributed by atoms with Crippen LogP contribution < -0.4 is 4.74 Å². The quantitative estimate of drug-likeness (QED) is 0.299. The van der Waals surface area contributed by atoms with E-state index in [0.29, 0.717) is 21.3 Å². The average molecular weight is 643 g/mol. The molecule has 1 aliphatic rings. The van der Waals surface area contributed by atoms with Gasteiger partial charge in [0.2, 0.25) is 18.3 Å². The summed E-state index contributed by atoms with van der Waals surface area (Å²) in [4.78, 5) is 47.7. The standard InChI is InChI=1S/C27H32BrFN2O10/c1-12(2)22-19(9-17-7-8-18(28)10-20(17)29)26(31-30-22)41-27-25(39-16(6)35)24(38-15(5)34)23(37-14(4)33)21(40-27)11-36-13(3)32/h7-8,10,12,21,23-25,27H,9,11H2,1-6H3,(H,30,31)/t21-,23+,24+,25-,27+/m1/s1. The van der Waals surface area contributed by atoms with Crippen LogP contribution in [0.4, 0.5) is 4.39 Å². The van der Waals surface area contributed by atoms with Crippen molar-refractivity contribution in [1.29, 1.82) is 0 Å². The second-order valence-electron chi connectivity index (χ2n) is 9.67. The van der Waals surface area contributed by atoms with Crippen molar-refractivity contribution < 1.29 is 52.0 Å². The Bertz CT molecular complexity index is 1280. The molecule has 1 fully saturated rings. The summed E-state index contributed by atoms with van der Waals surface area (Å²) in [5.41, 5.74) is 1.53. The van der Waals surface area contributed by atoms with Crippen LogP contribution in [-0.4, -0.2) is 71.4 Å². The fourth-order valence-corrected chi connectivity index (χ4v) is 4.69. The molecule has 2 heterocycles. The second kappa shape index (κ2) is 13.9. The normalized spacial score (nSPS) is 22.1. The van der Waals surface area contributed by atoms with E-state index in [4.69, 9.17) is 28.4 Å². The van der Waals surface area contributed by atoms with Gasteiger partial charge in [0.1, 0.15) is 18.5 Å². The van der Waals surface area contributed by atoms with Crippen LogP contribution in [0.1, 0.15) is 64.3 Å². The van der Waals surface area contributed by atoms with Gasteiger partial charge in [-0.05, 0) is 23.6 Å². The Kier molecular flexibility index (Phi) is 10.8. The van der Waals surface area contributed by atoms with Gasteiger partial charge in [-0.25, -0.2) is 4.39 Å². The van der Waals surface area contributed by atoms with Crippen LogP contribution in [0.15, 0.2) is 22.7 Å². The van der Waals surface area contributed by atoms with E-state index in [1.165, 1.54) is 13.0 Å². The maximum atomic E-state index is 14.8. The zero-order valence-corrected chi connectivity index (χ0v) is 25.0. The Morgan fingerprint density at radius 2 is 1.59 bits per heavy atom. The third kappa shape index (κ3) is 8.49. The zero-order valence-electron chi connectivity index (χ0n) is 23.4. The number of ether oxygens (including phenoxy) is 6. The number of nitrogens with one attached hydrogen (secondary N) is 1. The molecule has 12 nitrogen and oxygen atoms in total. The number of rotatable bonds is 10. The largest absolute Gasteiger partial charge is 0.463 e. The lowest BCUT2D eigenvalue weighted by molar-refractivity contribution is -0.289. The summed E-state index contributed by atoms with van der Waals surface area (Å²) >= 11 is 3.25. The number of H-pyrrole nitrogens is 1. The van der Waals surface area contributed by atoms with Crippen LogP contribution in [0.2, 0.25) is 0 Å². The summed E-state index contributed by atoms with van der Waals surface area (Å²) < 4.78 is 48.9. The minimum Gasteiger partial charge on any atom is -0.463 e. The molecule has 41 heavy (non-hydrogen) atoms. The molecule has 0 saturated carbocycles. The number of carbonyl (C=O) groups excluding carboxylic acids is 4. The van der Waals surface area contributed by atoms with Gasteiger partial charge in [0, 0.05) is 49.8 Å². The van der Waals surface area contributed by atoms with Gasteiger partial charge in [-0.3, -0.25) is 24.3 Å². The molecule has 0 spiro atoms. The van der Waals surface area contributed by atoms with Crippen molar-refractivity contribution in [2.24, 2.45) is 0 Å². The number of aromatic amines is 1. The summed E-state index contributed by atoms with van der Waals surface area (Å²) in [5, 5.41) is 7.17. The minimum absolute atomic E-state index is 0.0110. The van der Waals surface area contributed by atoms with Gasteiger partial charge in [0.25, 0.3) is 0 Å². The van der Waals surface area contributed by atoms with Crippen molar-refractivity contribution in [1.82, 2.24) is 10.2 Å². The first-order valence-corrected chi connectivity index (χ1v) is 13.5. The highest BCUT2D eigenvalue weighted by atomic mass is 79.9. The van der Waals surface area contributed by atoms with E-state index in [-0.39, 0.29) is 18.2 Å². The van der Waals surface area contributed by atoms with E-state index in [9.17, 15) is 23.6 Å². The molecule has 0 bridgehead atoms. The third-order valence-corrected chi connectivity index (χ3v) is 6.49. The van der Waals surface area contributed by atoms with Crippen LogP contribution in [-0.2, 0) is 49.3 Å². The topological polar surface area (TPSA) is 152 Å². The summed E-state index contributed by atoms with van der Waals surface area (Å²) in [6.45, 7) is 7.96.